The zero-order chi connectivity index (χ0) is 20.6. The molecule has 3 nitrogen and oxygen atoms in total. The molecule has 0 radical (unpaired) electrons. The topological polar surface area (TPSA) is 24.5 Å². The van der Waals surface area contributed by atoms with Crippen LogP contribution in [0.1, 0.15) is 35.1 Å². The Morgan fingerprint density at radius 1 is 0.812 bits per heavy atom. The van der Waals surface area contributed by atoms with E-state index in [2.05, 4.69) is 89.9 Å². The zero-order valence-corrected chi connectivity index (χ0v) is 20.3. The Labute approximate surface area is 205 Å². The minimum absolute atomic E-state index is 0. The van der Waals surface area contributed by atoms with Crippen molar-refractivity contribution in [3.63, 3.8) is 0 Å². The zero-order valence-electron chi connectivity index (χ0n) is 18.7. The number of nitrogens with zero attached hydrogens (tertiary/aromatic N) is 1. The second-order valence-electron chi connectivity index (χ2n) is 8.34. The lowest BCUT2D eigenvalue weighted by molar-refractivity contribution is 0.190. The number of nitrogens with one attached hydrogen (secondary N) is 1. The van der Waals surface area contributed by atoms with E-state index in [1.807, 2.05) is 6.07 Å². The van der Waals surface area contributed by atoms with Crippen molar-refractivity contribution in [2.75, 3.05) is 13.1 Å². The molecule has 5 heteroatoms. The van der Waals surface area contributed by atoms with Crippen molar-refractivity contribution < 1.29 is 4.74 Å². The molecule has 1 aliphatic rings. The first-order valence-corrected chi connectivity index (χ1v) is 11.0. The Balaban J connectivity index is 0.00000181. The second kappa shape index (κ2) is 13.5. The number of hydrogen-bond donors (Lipinski definition) is 1. The van der Waals surface area contributed by atoms with Crippen LogP contribution in [0.25, 0.3) is 0 Å². The number of hydrogen-bond acceptors (Lipinski definition) is 3. The highest BCUT2D eigenvalue weighted by atomic mass is 35.5. The molecule has 1 fully saturated rings. The predicted octanol–water partition coefficient (Wildman–Crippen LogP) is 6.17. The predicted molar refractivity (Wildman–Crippen MR) is 138 cm³/mol. The molecule has 172 valence electrons. The second-order valence-corrected chi connectivity index (χ2v) is 8.34. The fourth-order valence-electron chi connectivity index (χ4n) is 4.00. The highest BCUT2D eigenvalue weighted by Gasteiger charge is 2.18. The highest BCUT2D eigenvalue weighted by molar-refractivity contribution is 5.85. The smallest absolute Gasteiger partial charge is 0.120 e. The molecule has 32 heavy (non-hydrogen) atoms. The lowest BCUT2D eigenvalue weighted by Crippen LogP contribution is -2.41. The van der Waals surface area contributed by atoms with Crippen molar-refractivity contribution in [1.29, 1.82) is 0 Å². The van der Waals surface area contributed by atoms with Gasteiger partial charge in [-0.1, -0.05) is 72.3 Å². The van der Waals surface area contributed by atoms with E-state index in [0.717, 1.165) is 31.9 Å². The van der Waals surface area contributed by atoms with E-state index in [1.165, 1.54) is 35.1 Å². The molecule has 0 bridgehead atoms. The summed E-state index contributed by atoms with van der Waals surface area (Å²) in [6, 6.07) is 28.4. The molecule has 1 saturated heterocycles. The van der Waals surface area contributed by atoms with E-state index in [-0.39, 0.29) is 24.8 Å². The first kappa shape index (κ1) is 26.2. The van der Waals surface area contributed by atoms with Gasteiger partial charge in [-0.3, -0.25) is 4.90 Å². The van der Waals surface area contributed by atoms with Gasteiger partial charge < -0.3 is 10.1 Å². The van der Waals surface area contributed by atoms with Crippen LogP contribution in [0, 0.1) is 6.92 Å². The summed E-state index contributed by atoms with van der Waals surface area (Å²) in [6.07, 6.45) is 2.41. The summed E-state index contributed by atoms with van der Waals surface area (Å²) in [5, 5.41) is 3.75. The highest BCUT2D eigenvalue weighted by Crippen LogP contribution is 2.18. The van der Waals surface area contributed by atoms with E-state index < -0.39 is 0 Å². The summed E-state index contributed by atoms with van der Waals surface area (Å²) in [7, 11) is 0. The van der Waals surface area contributed by atoms with Crippen LogP contribution < -0.4 is 10.1 Å². The minimum atomic E-state index is 0. The van der Waals surface area contributed by atoms with Crippen LogP contribution in [-0.4, -0.2) is 24.0 Å². The standard InChI is InChI=1S/C27H32N2O.2ClH/c1-22-10-12-24(13-11-22)21-30-27-9-5-8-25(18-27)19-28-26-14-16-29(17-15-26)20-23-6-3-2-4-7-23;;/h2-13,18,26,28H,14-17,19-21H2,1H3;2*1H. The number of ether oxygens (including phenoxy) is 1. The van der Waals surface area contributed by atoms with Crippen molar-refractivity contribution in [2.24, 2.45) is 0 Å². The van der Waals surface area contributed by atoms with Gasteiger partial charge in [-0.05, 0) is 61.7 Å². The third-order valence-corrected chi connectivity index (χ3v) is 5.86. The summed E-state index contributed by atoms with van der Waals surface area (Å²) in [5.41, 5.74) is 5.17. The quantitative estimate of drug-likeness (QED) is 0.423. The van der Waals surface area contributed by atoms with E-state index >= 15 is 0 Å². The van der Waals surface area contributed by atoms with Crippen LogP contribution in [-0.2, 0) is 19.7 Å². The Hall–Kier alpha value is -2.04. The van der Waals surface area contributed by atoms with E-state index in [1.54, 1.807) is 0 Å². The van der Waals surface area contributed by atoms with E-state index in [4.69, 9.17) is 4.74 Å². The van der Waals surface area contributed by atoms with E-state index in [9.17, 15) is 0 Å². The normalized spacial score (nSPS) is 14.3. The van der Waals surface area contributed by atoms with Crippen LogP contribution in [0.5, 0.6) is 5.75 Å². The molecule has 4 rings (SSSR count). The average molecular weight is 473 g/mol. The Bertz CT molecular complexity index is 910. The van der Waals surface area contributed by atoms with E-state index in [0.29, 0.717) is 12.6 Å². The largest absolute Gasteiger partial charge is 0.489 e. The molecule has 0 saturated carbocycles. The fourth-order valence-corrected chi connectivity index (χ4v) is 4.00. The molecular formula is C27H34Cl2N2O. The van der Waals surface area contributed by atoms with Gasteiger partial charge in [-0.15, -0.1) is 24.8 Å². The van der Waals surface area contributed by atoms with Crippen LogP contribution in [0.4, 0.5) is 0 Å². The average Bonchev–Trinajstić information content (AvgIpc) is 2.79. The molecule has 3 aromatic carbocycles. The van der Waals surface area contributed by atoms with Crippen LogP contribution in [0.2, 0.25) is 0 Å². The van der Waals surface area contributed by atoms with Gasteiger partial charge in [0.2, 0.25) is 0 Å². The molecule has 0 spiro atoms. The van der Waals surface area contributed by atoms with Crippen LogP contribution >= 0.6 is 24.8 Å². The van der Waals surface area contributed by atoms with Gasteiger partial charge in [0.25, 0.3) is 0 Å². The summed E-state index contributed by atoms with van der Waals surface area (Å²) >= 11 is 0. The van der Waals surface area contributed by atoms with Gasteiger partial charge in [-0.25, -0.2) is 0 Å². The molecule has 1 aliphatic heterocycles. The SMILES string of the molecule is Cc1ccc(COc2cccc(CNC3CCN(Cc4ccccc4)CC3)c2)cc1.Cl.Cl. The maximum Gasteiger partial charge on any atom is 0.120 e. The molecule has 0 atom stereocenters. The molecule has 0 unspecified atom stereocenters. The van der Waals surface area contributed by atoms with Gasteiger partial charge in [-0.2, -0.15) is 0 Å². The van der Waals surface area contributed by atoms with Crippen LogP contribution in [0.15, 0.2) is 78.9 Å². The first-order chi connectivity index (χ1) is 14.7. The molecular weight excluding hydrogens is 439 g/mol. The number of rotatable bonds is 8. The molecule has 1 N–H and O–H groups in total. The Kier molecular flexibility index (Phi) is 11.1. The summed E-state index contributed by atoms with van der Waals surface area (Å²) in [5.74, 6) is 0.938. The van der Waals surface area contributed by atoms with Crippen molar-refractivity contribution in [1.82, 2.24) is 10.2 Å². The van der Waals surface area contributed by atoms with Crippen molar-refractivity contribution in [3.05, 3.63) is 101 Å². The molecule has 1 heterocycles. The van der Waals surface area contributed by atoms with Gasteiger partial charge in [0.05, 0.1) is 0 Å². The number of likely N-dealkylation sites (tertiary alicyclic amines) is 1. The Morgan fingerprint density at radius 3 is 2.22 bits per heavy atom. The van der Waals surface area contributed by atoms with Crippen molar-refractivity contribution in [2.45, 2.75) is 45.5 Å². The third kappa shape index (κ3) is 8.14. The van der Waals surface area contributed by atoms with Crippen LogP contribution in [0.3, 0.4) is 0 Å². The molecule has 0 aliphatic carbocycles. The van der Waals surface area contributed by atoms with Gasteiger partial charge in [0, 0.05) is 19.1 Å². The van der Waals surface area contributed by atoms with Gasteiger partial charge in [0.15, 0.2) is 0 Å². The molecule has 0 aromatic heterocycles. The summed E-state index contributed by atoms with van der Waals surface area (Å²) in [4.78, 5) is 2.56. The lowest BCUT2D eigenvalue weighted by atomic mass is 10.0. The number of piperidine rings is 1. The Morgan fingerprint density at radius 2 is 1.50 bits per heavy atom. The van der Waals surface area contributed by atoms with Crippen molar-refractivity contribution in [3.8, 4) is 5.75 Å². The maximum atomic E-state index is 6.00. The van der Waals surface area contributed by atoms with Gasteiger partial charge >= 0.3 is 0 Å². The molecule has 3 aromatic rings. The molecule has 0 amide bonds. The summed E-state index contributed by atoms with van der Waals surface area (Å²) in [6.45, 7) is 6.99. The van der Waals surface area contributed by atoms with Crippen molar-refractivity contribution >= 4 is 24.8 Å². The number of aryl methyl sites for hydroxylation is 1. The minimum Gasteiger partial charge on any atom is -0.489 e. The maximum absolute atomic E-state index is 6.00. The van der Waals surface area contributed by atoms with Gasteiger partial charge in [0.1, 0.15) is 12.4 Å². The monoisotopic (exact) mass is 472 g/mol. The fraction of sp³-hybridized carbons (Fsp3) is 0.333. The number of halogens is 2. The summed E-state index contributed by atoms with van der Waals surface area (Å²) < 4.78 is 6.00. The first-order valence-electron chi connectivity index (χ1n) is 11.0. The third-order valence-electron chi connectivity index (χ3n) is 5.86. The lowest BCUT2D eigenvalue weighted by Gasteiger charge is -2.32. The number of benzene rings is 3.